The number of ether oxygens (including phenoxy) is 1. The molecule has 2 nitrogen and oxygen atoms in total. The number of hydrogen-bond donors (Lipinski definition) is 1. The Bertz CT molecular complexity index is 392. The maximum absolute atomic E-state index is 12.1. The van der Waals surface area contributed by atoms with E-state index in [4.69, 9.17) is 5.11 Å². The second-order valence-electron chi connectivity index (χ2n) is 3.21. The molecule has 0 aliphatic heterocycles. The molecule has 0 unspecified atom stereocenters. The summed E-state index contributed by atoms with van der Waals surface area (Å²) in [7, 11) is 0. The van der Waals surface area contributed by atoms with E-state index in [-0.39, 0.29) is 12.4 Å². The fourth-order valence-electron chi connectivity index (χ4n) is 1.15. The Morgan fingerprint density at radius 1 is 1.56 bits per heavy atom. The molecule has 0 heterocycles. The highest BCUT2D eigenvalue weighted by Gasteiger charge is 2.08. The molecule has 88 valence electrons. The van der Waals surface area contributed by atoms with E-state index in [0.29, 0.717) is 11.1 Å². The van der Waals surface area contributed by atoms with Crippen LogP contribution in [0.25, 0.3) is 6.08 Å². The summed E-state index contributed by atoms with van der Waals surface area (Å²) >= 11 is 3.24. The largest absolute Gasteiger partial charge is 0.434 e. The minimum absolute atomic E-state index is 0.0889. The van der Waals surface area contributed by atoms with Gasteiger partial charge in [0.2, 0.25) is 0 Å². The van der Waals surface area contributed by atoms with Gasteiger partial charge in [0.15, 0.2) is 0 Å². The van der Waals surface area contributed by atoms with Crippen LogP contribution in [-0.2, 0) is 0 Å². The van der Waals surface area contributed by atoms with Crippen LogP contribution in [0.3, 0.4) is 0 Å². The molecule has 5 heteroatoms. The third kappa shape index (κ3) is 3.90. The summed E-state index contributed by atoms with van der Waals surface area (Å²) in [6.45, 7) is -1.28. The van der Waals surface area contributed by atoms with Crippen molar-refractivity contribution >= 4 is 22.0 Å². The number of rotatable bonds is 4. The summed E-state index contributed by atoms with van der Waals surface area (Å²) in [5.74, 6) is 0.0889. The topological polar surface area (TPSA) is 29.5 Å². The molecule has 1 rings (SSSR count). The Morgan fingerprint density at radius 2 is 2.25 bits per heavy atom. The van der Waals surface area contributed by atoms with Crippen LogP contribution in [0.1, 0.15) is 12.5 Å². The number of hydrogen-bond acceptors (Lipinski definition) is 2. The van der Waals surface area contributed by atoms with Gasteiger partial charge in [-0.25, -0.2) is 0 Å². The van der Waals surface area contributed by atoms with Crippen molar-refractivity contribution < 1.29 is 18.6 Å². The fourth-order valence-corrected chi connectivity index (χ4v) is 1.53. The van der Waals surface area contributed by atoms with E-state index in [1.165, 1.54) is 6.07 Å². The summed E-state index contributed by atoms with van der Waals surface area (Å²) in [5.41, 5.74) is 1.17. The lowest BCUT2D eigenvalue weighted by Gasteiger charge is -2.09. The molecule has 1 aromatic rings. The lowest BCUT2D eigenvalue weighted by Crippen LogP contribution is -2.03. The first-order valence-electron chi connectivity index (χ1n) is 4.55. The van der Waals surface area contributed by atoms with Crippen LogP contribution in [0, 0.1) is 0 Å². The molecule has 0 saturated heterocycles. The fraction of sp³-hybridized carbons (Fsp3) is 0.273. The first kappa shape index (κ1) is 13.1. The molecule has 0 aliphatic rings. The second kappa shape index (κ2) is 5.96. The van der Waals surface area contributed by atoms with Gasteiger partial charge in [-0.1, -0.05) is 22.0 Å². The highest BCUT2D eigenvalue weighted by Crippen LogP contribution is 2.26. The smallest absolute Gasteiger partial charge is 0.387 e. The van der Waals surface area contributed by atoms with Crippen molar-refractivity contribution in [2.24, 2.45) is 0 Å². The monoisotopic (exact) mass is 292 g/mol. The lowest BCUT2D eigenvalue weighted by atomic mass is 10.1. The molecule has 0 saturated carbocycles. The van der Waals surface area contributed by atoms with Crippen LogP contribution in [0.4, 0.5) is 8.78 Å². The van der Waals surface area contributed by atoms with Crippen LogP contribution in [0.2, 0.25) is 0 Å². The third-order valence-corrected chi connectivity index (χ3v) is 2.33. The van der Waals surface area contributed by atoms with Crippen LogP contribution < -0.4 is 4.74 Å². The number of benzene rings is 1. The Hall–Kier alpha value is -0.940. The second-order valence-corrected chi connectivity index (χ2v) is 4.13. The van der Waals surface area contributed by atoms with E-state index in [1.54, 1.807) is 25.1 Å². The standard InChI is InChI=1S/C11H11BrF2O2/c1-7(6-15)4-8-5-9(12)2-3-10(8)16-11(13)14/h2-5,11,15H,6H2,1H3. The molecule has 0 spiro atoms. The van der Waals surface area contributed by atoms with Crippen molar-refractivity contribution in [1.82, 2.24) is 0 Å². The van der Waals surface area contributed by atoms with Gasteiger partial charge in [-0.3, -0.25) is 0 Å². The van der Waals surface area contributed by atoms with Crippen LogP contribution >= 0.6 is 15.9 Å². The summed E-state index contributed by atoms with van der Waals surface area (Å²) in [6, 6.07) is 4.72. The Kier molecular flexibility index (Phi) is 4.89. The maximum atomic E-state index is 12.1. The molecule has 0 bridgehead atoms. The minimum Gasteiger partial charge on any atom is -0.434 e. The van der Waals surface area contributed by atoms with Crippen molar-refractivity contribution in [2.45, 2.75) is 13.5 Å². The molecule has 0 aliphatic carbocycles. The van der Waals surface area contributed by atoms with Crippen molar-refractivity contribution in [2.75, 3.05) is 6.61 Å². The summed E-state index contributed by atoms with van der Waals surface area (Å²) < 4.78 is 29.4. The van der Waals surface area contributed by atoms with Gasteiger partial charge in [-0.15, -0.1) is 0 Å². The average molecular weight is 293 g/mol. The Labute approximate surface area is 101 Å². The normalized spacial score (nSPS) is 12.0. The van der Waals surface area contributed by atoms with Gasteiger partial charge in [0.05, 0.1) is 6.61 Å². The molecular formula is C11H11BrF2O2. The lowest BCUT2D eigenvalue weighted by molar-refractivity contribution is -0.0500. The molecule has 16 heavy (non-hydrogen) atoms. The third-order valence-electron chi connectivity index (χ3n) is 1.84. The van der Waals surface area contributed by atoms with E-state index in [2.05, 4.69) is 20.7 Å². The summed E-state index contributed by atoms with van der Waals surface area (Å²) in [6.07, 6.45) is 1.60. The van der Waals surface area contributed by atoms with Gasteiger partial charge in [-0.2, -0.15) is 8.78 Å². The zero-order valence-electron chi connectivity index (χ0n) is 8.58. The first-order valence-corrected chi connectivity index (χ1v) is 5.34. The van der Waals surface area contributed by atoms with Gasteiger partial charge < -0.3 is 9.84 Å². The maximum Gasteiger partial charge on any atom is 0.387 e. The Morgan fingerprint density at radius 3 is 2.81 bits per heavy atom. The van der Waals surface area contributed by atoms with E-state index >= 15 is 0 Å². The highest BCUT2D eigenvalue weighted by atomic mass is 79.9. The predicted octanol–water partition coefficient (Wildman–Crippen LogP) is 3.45. The van der Waals surface area contributed by atoms with E-state index in [1.807, 2.05) is 0 Å². The van der Waals surface area contributed by atoms with Gasteiger partial charge in [0, 0.05) is 10.0 Å². The van der Waals surface area contributed by atoms with Crippen molar-refractivity contribution in [1.29, 1.82) is 0 Å². The molecular weight excluding hydrogens is 282 g/mol. The molecule has 1 aromatic carbocycles. The van der Waals surface area contributed by atoms with Crippen molar-refractivity contribution in [3.05, 3.63) is 33.8 Å². The van der Waals surface area contributed by atoms with Gasteiger partial charge in [0.25, 0.3) is 0 Å². The van der Waals surface area contributed by atoms with Crippen molar-refractivity contribution in [3.8, 4) is 5.75 Å². The van der Waals surface area contributed by atoms with Crippen LogP contribution in [-0.4, -0.2) is 18.3 Å². The van der Waals surface area contributed by atoms with Crippen LogP contribution in [0.5, 0.6) is 5.75 Å². The number of alkyl halides is 2. The number of aliphatic hydroxyl groups is 1. The van der Waals surface area contributed by atoms with Gasteiger partial charge >= 0.3 is 6.61 Å². The Balaban J connectivity index is 3.08. The molecule has 0 atom stereocenters. The van der Waals surface area contributed by atoms with Crippen LogP contribution in [0.15, 0.2) is 28.2 Å². The van der Waals surface area contributed by atoms with Gasteiger partial charge in [0.1, 0.15) is 5.75 Å². The number of halogens is 3. The zero-order valence-corrected chi connectivity index (χ0v) is 10.2. The molecule has 0 fully saturated rings. The van der Waals surface area contributed by atoms with E-state index in [9.17, 15) is 8.78 Å². The van der Waals surface area contributed by atoms with Crippen molar-refractivity contribution in [3.63, 3.8) is 0 Å². The van der Waals surface area contributed by atoms with Gasteiger partial charge in [-0.05, 0) is 30.7 Å². The molecule has 0 aromatic heterocycles. The molecule has 0 amide bonds. The quantitative estimate of drug-likeness (QED) is 0.921. The first-order chi connectivity index (χ1) is 7.52. The molecule has 1 N–H and O–H groups in total. The van der Waals surface area contributed by atoms with E-state index in [0.717, 1.165) is 4.47 Å². The number of aliphatic hydroxyl groups excluding tert-OH is 1. The molecule has 0 radical (unpaired) electrons. The minimum atomic E-state index is -2.86. The SMILES string of the molecule is CC(=Cc1cc(Br)ccc1OC(F)F)CO. The zero-order chi connectivity index (χ0) is 12.1. The average Bonchev–Trinajstić information content (AvgIpc) is 2.21. The highest BCUT2D eigenvalue weighted by molar-refractivity contribution is 9.10. The van der Waals surface area contributed by atoms with E-state index < -0.39 is 6.61 Å². The summed E-state index contributed by atoms with van der Waals surface area (Å²) in [4.78, 5) is 0. The summed E-state index contributed by atoms with van der Waals surface area (Å²) in [5, 5.41) is 8.87. The predicted molar refractivity (Wildman–Crippen MR) is 61.5 cm³/mol.